The molecule has 0 amide bonds. The number of ether oxygens (including phenoxy) is 2. The fraction of sp³-hybridized carbons (Fsp3) is 0.500. The van der Waals surface area contributed by atoms with Gasteiger partial charge in [0.05, 0.1) is 7.11 Å². The zero-order chi connectivity index (χ0) is 14.3. The molecule has 1 atom stereocenters. The predicted molar refractivity (Wildman–Crippen MR) is 79.8 cm³/mol. The normalized spacial score (nSPS) is 12.3. The summed E-state index contributed by atoms with van der Waals surface area (Å²) in [6, 6.07) is 5.92. The van der Waals surface area contributed by atoms with E-state index in [0.717, 1.165) is 30.2 Å². The predicted octanol–water partition coefficient (Wildman–Crippen LogP) is 3.39. The van der Waals surface area contributed by atoms with Gasteiger partial charge in [-0.3, -0.25) is 0 Å². The lowest BCUT2D eigenvalue weighted by molar-refractivity contribution is 0.265. The van der Waals surface area contributed by atoms with Crippen molar-refractivity contribution in [2.75, 3.05) is 13.7 Å². The first-order valence-corrected chi connectivity index (χ1v) is 6.73. The number of nitrogens with one attached hydrogen (secondary N) is 1. The van der Waals surface area contributed by atoms with Crippen molar-refractivity contribution in [2.45, 2.75) is 33.4 Å². The molecule has 1 rings (SSSR count). The summed E-state index contributed by atoms with van der Waals surface area (Å²) in [4.78, 5) is 0. The van der Waals surface area contributed by atoms with Gasteiger partial charge in [-0.25, -0.2) is 0 Å². The van der Waals surface area contributed by atoms with Gasteiger partial charge < -0.3 is 14.8 Å². The highest BCUT2D eigenvalue weighted by atomic mass is 16.5. The van der Waals surface area contributed by atoms with Crippen LogP contribution in [-0.4, -0.2) is 19.8 Å². The Hall–Kier alpha value is -1.48. The molecule has 0 radical (unpaired) electrons. The second kappa shape index (κ2) is 7.85. The van der Waals surface area contributed by atoms with Crippen molar-refractivity contribution >= 4 is 0 Å². The molecule has 1 unspecified atom stereocenters. The van der Waals surface area contributed by atoms with Gasteiger partial charge in [-0.15, -0.1) is 0 Å². The minimum Gasteiger partial charge on any atom is -0.497 e. The molecule has 0 aliphatic carbocycles. The third kappa shape index (κ3) is 5.35. The highest BCUT2D eigenvalue weighted by molar-refractivity contribution is 5.41. The molecule has 0 saturated heterocycles. The van der Waals surface area contributed by atoms with Crippen LogP contribution >= 0.6 is 0 Å². The van der Waals surface area contributed by atoms with E-state index in [4.69, 9.17) is 9.47 Å². The van der Waals surface area contributed by atoms with Crippen LogP contribution in [-0.2, 0) is 6.54 Å². The fourth-order valence-electron chi connectivity index (χ4n) is 1.66. The molecule has 0 saturated carbocycles. The summed E-state index contributed by atoms with van der Waals surface area (Å²) < 4.78 is 11.1. The smallest absolute Gasteiger partial charge is 0.128 e. The minimum atomic E-state index is -0.0176. The largest absolute Gasteiger partial charge is 0.497 e. The van der Waals surface area contributed by atoms with Gasteiger partial charge in [-0.2, -0.15) is 0 Å². The monoisotopic (exact) mass is 263 g/mol. The number of hydrogen-bond acceptors (Lipinski definition) is 3. The Morgan fingerprint density at radius 3 is 2.63 bits per heavy atom. The zero-order valence-corrected chi connectivity index (χ0v) is 12.4. The summed E-state index contributed by atoms with van der Waals surface area (Å²) in [5.74, 6) is 2.29. The first-order valence-electron chi connectivity index (χ1n) is 6.73. The first kappa shape index (κ1) is 15.6. The van der Waals surface area contributed by atoms with Gasteiger partial charge >= 0.3 is 0 Å². The van der Waals surface area contributed by atoms with E-state index in [-0.39, 0.29) is 6.10 Å². The lowest BCUT2D eigenvalue weighted by Crippen LogP contribution is -2.20. The van der Waals surface area contributed by atoms with Gasteiger partial charge in [0.2, 0.25) is 0 Å². The van der Waals surface area contributed by atoms with Gasteiger partial charge in [0.1, 0.15) is 17.6 Å². The number of hydrogen-bond donors (Lipinski definition) is 1. The van der Waals surface area contributed by atoms with Gasteiger partial charge in [-0.05, 0) is 25.5 Å². The molecule has 0 spiro atoms. The summed E-state index contributed by atoms with van der Waals surface area (Å²) in [6.45, 7) is 11.9. The molecule has 0 aliphatic heterocycles. The second-order valence-electron chi connectivity index (χ2n) is 5.06. The van der Waals surface area contributed by atoms with E-state index in [9.17, 15) is 0 Å². The molecule has 0 heterocycles. The summed E-state index contributed by atoms with van der Waals surface area (Å²) in [5.41, 5.74) is 1.13. The van der Waals surface area contributed by atoms with Crippen LogP contribution in [0, 0.1) is 5.92 Å². The van der Waals surface area contributed by atoms with Crippen molar-refractivity contribution in [1.29, 1.82) is 0 Å². The maximum atomic E-state index is 5.86. The van der Waals surface area contributed by atoms with Crippen molar-refractivity contribution in [3.63, 3.8) is 0 Å². The SMILES string of the molecule is C=CC(C)Oc1cc(OC)ccc1CNCC(C)C. The van der Waals surface area contributed by atoms with Crippen LogP contribution in [0.25, 0.3) is 0 Å². The lowest BCUT2D eigenvalue weighted by atomic mass is 10.1. The second-order valence-corrected chi connectivity index (χ2v) is 5.06. The van der Waals surface area contributed by atoms with Crippen molar-refractivity contribution in [1.82, 2.24) is 5.32 Å². The van der Waals surface area contributed by atoms with Crippen LogP contribution in [0.3, 0.4) is 0 Å². The molecule has 3 heteroatoms. The molecule has 0 bridgehead atoms. The maximum absolute atomic E-state index is 5.86. The Morgan fingerprint density at radius 2 is 2.05 bits per heavy atom. The molecule has 19 heavy (non-hydrogen) atoms. The molecule has 1 aromatic rings. The third-order valence-electron chi connectivity index (χ3n) is 2.79. The molecular formula is C16H25NO2. The fourth-order valence-corrected chi connectivity index (χ4v) is 1.66. The van der Waals surface area contributed by atoms with Crippen LogP contribution in [0.15, 0.2) is 30.9 Å². The van der Waals surface area contributed by atoms with Crippen molar-refractivity contribution < 1.29 is 9.47 Å². The van der Waals surface area contributed by atoms with E-state index in [0.29, 0.717) is 5.92 Å². The van der Waals surface area contributed by atoms with E-state index >= 15 is 0 Å². The van der Waals surface area contributed by atoms with Crippen LogP contribution in [0.5, 0.6) is 11.5 Å². The molecule has 0 aliphatic rings. The molecule has 3 nitrogen and oxygen atoms in total. The van der Waals surface area contributed by atoms with Crippen LogP contribution < -0.4 is 14.8 Å². The minimum absolute atomic E-state index is 0.0176. The quantitative estimate of drug-likeness (QED) is 0.729. The van der Waals surface area contributed by atoms with E-state index in [1.165, 1.54) is 0 Å². The van der Waals surface area contributed by atoms with Crippen LogP contribution in [0.1, 0.15) is 26.3 Å². The highest BCUT2D eigenvalue weighted by Gasteiger charge is 2.08. The van der Waals surface area contributed by atoms with Crippen molar-refractivity contribution in [3.05, 3.63) is 36.4 Å². The van der Waals surface area contributed by atoms with E-state index < -0.39 is 0 Å². The highest BCUT2D eigenvalue weighted by Crippen LogP contribution is 2.26. The summed E-state index contributed by atoms with van der Waals surface area (Å²) in [7, 11) is 1.66. The Balaban J connectivity index is 2.79. The standard InChI is InChI=1S/C16H25NO2/c1-6-13(4)19-16-9-15(18-5)8-7-14(16)11-17-10-12(2)3/h6-9,12-13,17H,1,10-11H2,2-5H3. The Morgan fingerprint density at radius 1 is 1.32 bits per heavy atom. The van der Waals surface area contributed by atoms with E-state index in [2.05, 4.69) is 25.7 Å². The van der Waals surface area contributed by atoms with Gasteiger partial charge in [-0.1, -0.05) is 32.6 Å². The Kier molecular flexibility index (Phi) is 6.43. The summed E-state index contributed by atoms with van der Waals surface area (Å²) in [6.07, 6.45) is 1.76. The van der Waals surface area contributed by atoms with Gasteiger partial charge in [0.25, 0.3) is 0 Å². The summed E-state index contributed by atoms with van der Waals surface area (Å²) >= 11 is 0. The molecule has 106 valence electrons. The number of methoxy groups -OCH3 is 1. The van der Waals surface area contributed by atoms with Crippen LogP contribution in [0.4, 0.5) is 0 Å². The molecule has 1 aromatic carbocycles. The number of rotatable bonds is 8. The molecule has 0 aromatic heterocycles. The van der Waals surface area contributed by atoms with Crippen molar-refractivity contribution in [2.24, 2.45) is 5.92 Å². The molecule has 0 fully saturated rings. The third-order valence-corrected chi connectivity index (χ3v) is 2.79. The lowest BCUT2D eigenvalue weighted by Gasteiger charge is -2.16. The van der Waals surface area contributed by atoms with E-state index in [1.807, 2.05) is 25.1 Å². The van der Waals surface area contributed by atoms with Crippen LogP contribution in [0.2, 0.25) is 0 Å². The number of benzene rings is 1. The summed E-state index contributed by atoms with van der Waals surface area (Å²) in [5, 5.41) is 3.42. The molecule has 1 N–H and O–H groups in total. The topological polar surface area (TPSA) is 30.5 Å². The zero-order valence-electron chi connectivity index (χ0n) is 12.4. The van der Waals surface area contributed by atoms with Gasteiger partial charge in [0.15, 0.2) is 0 Å². The average molecular weight is 263 g/mol. The van der Waals surface area contributed by atoms with Crippen molar-refractivity contribution in [3.8, 4) is 11.5 Å². The maximum Gasteiger partial charge on any atom is 0.128 e. The molecular weight excluding hydrogens is 238 g/mol. The first-order chi connectivity index (χ1) is 9.06. The van der Waals surface area contributed by atoms with E-state index in [1.54, 1.807) is 13.2 Å². The Bertz CT molecular complexity index is 402. The van der Waals surface area contributed by atoms with Gasteiger partial charge in [0, 0.05) is 18.2 Å². The average Bonchev–Trinajstić information content (AvgIpc) is 2.39. The Labute approximate surface area is 116 Å².